The number of carbonyl (C=O) groups excluding carboxylic acids is 1. The zero-order valence-electron chi connectivity index (χ0n) is 5.19. The van der Waals surface area contributed by atoms with E-state index in [2.05, 4.69) is 12.2 Å². The van der Waals surface area contributed by atoms with E-state index < -0.39 is 0 Å². The van der Waals surface area contributed by atoms with Gasteiger partial charge in [-0.15, -0.1) is 23.5 Å². The third-order valence-corrected chi connectivity index (χ3v) is 5.39. The van der Waals surface area contributed by atoms with Gasteiger partial charge < -0.3 is 4.79 Å². The Morgan fingerprint density at radius 2 is 2.50 bits per heavy atom. The third-order valence-electron chi connectivity index (χ3n) is 2.31. The average Bonchev–Trinajstić information content (AvgIpc) is 2.82. The third kappa shape index (κ3) is 0.519. The first kappa shape index (κ1) is 5.72. The number of rotatable bonds is 1. The second-order valence-electron chi connectivity index (χ2n) is 2.93. The molecule has 2 saturated heterocycles. The van der Waals surface area contributed by atoms with Crippen LogP contribution in [0.15, 0.2) is 12.2 Å². The molecule has 2 heterocycles. The summed E-state index contributed by atoms with van der Waals surface area (Å²) in [5.41, 5.74) is 0. The van der Waals surface area contributed by atoms with Gasteiger partial charge in [0.15, 0.2) is 0 Å². The Hall–Kier alpha value is 0.110. The minimum absolute atomic E-state index is 0.0648. The lowest BCUT2D eigenvalue weighted by Gasteiger charge is -2.02. The van der Waals surface area contributed by atoms with Gasteiger partial charge in [0.25, 0.3) is 0 Å². The lowest BCUT2D eigenvalue weighted by molar-refractivity contribution is -0.108. The number of carbonyl (C=O) groups is 1. The first-order valence-electron chi connectivity index (χ1n) is 3.35. The Kier molecular flexibility index (Phi) is 0.848. The lowest BCUT2D eigenvalue weighted by Crippen LogP contribution is -2.21. The molecule has 10 heavy (non-hydrogen) atoms. The molecule has 3 heteroatoms. The van der Waals surface area contributed by atoms with E-state index in [9.17, 15) is 4.79 Å². The molecule has 4 atom stereocenters. The smallest absolute Gasteiger partial charge is 0.141 e. The van der Waals surface area contributed by atoms with E-state index in [0.717, 1.165) is 16.8 Å². The van der Waals surface area contributed by atoms with Crippen LogP contribution in [-0.2, 0) is 4.79 Å². The second kappa shape index (κ2) is 1.48. The summed E-state index contributed by atoms with van der Waals surface area (Å²) in [5.74, 6) is 0. The first-order valence-corrected chi connectivity index (χ1v) is 5.17. The number of thioether (sulfide) groups is 2. The molecule has 3 rings (SSSR count). The summed E-state index contributed by atoms with van der Waals surface area (Å²) < 4.78 is -0.0648. The minimum atomic E-state index is -0.0648. The van der Waals surface area contributed by atoms with Gasteiger partial charge in [-0.1, -0.05) is 12.2 Å². The molecule has 0 saturated carbocycles. The number of fused-ring (bicyclic) bond motifs is 3. The van der Waals surface area contributed by atoms with E-state index in [1.165, 1.54) is 0 Å². The average molecular weight is 170 g/mol. The van der Waals surface area contributed by atoms with Crippen LogP contribution in [0.1, 0.15) is 0 Å². The van der Waals surface area contributed by atoms with Gasteiger partial charge in [0, 0.05) is 15.7 Å². The summed E-state index contributed by atoms with van der Waals surface area (Å²) in [6, 6.07) is 0. The van der Waals surface area contributed by atoms with Crippen molar-refractivity contribution in [3.8, 4) is 0 Å². The summed E-state index contributed by atoms with van der Waals surface area (Å²) >= 11 is 3.82. The Balaban J connectivity index is 2.02. The molecule has 1 aliphatic carbocycles. The van der Waals surface area contributed by atoms with Gasteiger partial charge in [0.05, 0.1) is 0 Å². The fourth-order valence-electron chi connectivity index (χ4n) is 1.56. The maximum absolute atomic E-state index is 10.6. The second-order valence-corrected chi connectivity index (χ2v) is 5.75. The van der Waals surface area contributed by atoms with Crippen molar-refractivity contribution < 1.29 is 4.79 Å². The molecule has 1 nitrogen and oxygen atoms in total. The van der Waals surface area contributed by atoms with E-state index in [0.29, 0.717) is 5.25 Å². The van der Waals surface area contributed by atoms with Crippen molar-refractivity contribution in [2.45, 2.75) is 20.5 Å². The molecule has 2 fully saturated rings. The van der Waals surface area contributed by atoms with Gasteiger partial charge in [-0.2, -0.15) is 0 Å². The molecular weight excluding hydrogens is 164 g/mol. The zero-order chi connectivity index (χ0) is 6.77. The minimum Gasteiger partial charge on any atom is -0.301 e. The highest BCUT2D eigenvalue weighted by atomic mass is 32.2. The van der Waals surface area contributed by atoms with Gasteiger partial charge in [-0.25, -0.2) is 0 Å². The van der Waals surface area contributed by atoms with Crippen molar-refractivity contribution in [3.63, 3.8) is 0 Å². The number of aldehydes is 1. The van der Waals surface area contributed by atoms with E-state index in [-0.39, 0.29) is 4.75 Å². The fourth-order valence-corrected chi connectivity index (χ4v) is 4.33. The van der Waals surface area contributed by atoms with E-state index >= 15 is 0 Å². The molecule has 0 amide bonds. The largest absolute Gasteiger partial charge is 0.301 e. The van der Waals surface area contributed by atoms with Crippen LogP contribution in [0.2, 0.25) is 0 Å². The maximum Gasteiger partial charge on any atom is 0.141 e. The summed E-state index contributed by atoms with van der Waals surface area (Å²) in [7, 11) is 0. The first-order chi connectivity index (χ1) is 4.86. The van der Waals surface area contributed by atoms with Crippen LogP contribution in [0, 0.1) is 0 Å². The molecule has 0 aromatic carbocycles. The summed E-state index contributed by atoms with van der Waals surface area (Å²) in [5, 5.41) is 2.17. The van der Waals surface area contributed by atoms with Crippen molar-refractivity contribution in [2.24, 2.45) is 0 Å². The van der Waals surface area contributed by atoms with Crippen LogP contribution in [0.3, 0.4) is 0 Å². The van der Waals surface area contributed by atoms with E-state index in [4.69, 9.17) is 0 Å². The van der Waals surface area contributed by atoms with Crippen LogP contribution in [-0.4, -0.2) is 26.8 Å². The molecule has 0 aromatic heterocycles. The van der Waals surface area contributed by atoms with Crippen LogP contribution in [0.4, 0.5) is 0 Å². The van der Waals surface area contributed by atoms with Crippen molar-refractivity contribution in [3.05, 3.63) is 12.2 Å². The number of hydrogen-bond acceptors (Lipinski definition) is 3. The molecule has 3 aliphatic rings. The SMILES string of the molecule is O=CC12C=CC3SC3C1S2. The molecule has 2 aliphatic heterocycles. The predicted octanol–water partition coefficient (Wildman–Crippen LogP) is 1.09. The van der Waals surface area contributed by atoms with E-state index in [1.807, 2.05) is 23.5 Å². The molecule has 0 N–H and O–H groups in total. The van der Waals surface area contributed by atoms with Gasteiger partial charge in [-0.3, -0.25) is 0 Å². The van der Waals surface area contributed by atoms with E-state index in [1.54, 1.807) is 0 Å². The Morgan fingerprint density at radius 1 is 1.60 bits per heavy atom. The molecule has 0 aromatic rings. The summed E-state index contributed by atoms with van der Waals surface area (Å²) in [6.07, 6.45) is 5.39. The van der Waals surface area contributed by atoms with Gasteiger partial charge in [-0.05, 0) is 0 Å². The molecule has 0 radical (unpaired) electrons. The fraction of sp³-hybridized carbons (Fsp3) is 0.571. The topological polar surface area (TPSA) is 17.1 Å². The molecule has 0 spiro atoms. The molecular formula is C7H6OS2. The Morgan fingerprint density at radius 3 is 3.30 bits per heavy atom. The van der Waals surface area contributed by atoms with Crippen molar-refractivity contribution in [2.75, 3.05) is 0 Å². The standard InChI is InChI=1S/C7H6OS2/c8-3-7-2-1-4-5(9-4)6(7)10-7/h1-6H. The van der Waals surface area contributed by atoms with Crippen molar-refractivity contribution in [1.82, 2.24) is 0 Å². The zero-order valence-corrected chi connectivity index (χ0v) is 6.82. The van der Waals surface area contributed by atoms with Gasteiger partial charge in [0.2, 0.25) is 0 Å². The van der Waals surface area contributed by atoms with Gasteiger partial charge >= 0.3 is 0 Å². The molecule has 4 unspecified atom stereocenters. The van der Waals surface area contributed by atoms with Crippen LogP contribution >= 0.6 is 23.5 Å². The maximum atomic E-state index is 10.6. The lowest BCUT2D eigenvalue weighted by atomic mass is 9.98. The Labute approximate surface area is 67.6 Å². The van der Waals surface area contributed by atoms with Crippen molar-refractivity contribution in [1.29, 1.82) is 0 Å². The Bertz CT molecular complexity index is 238. The highest BCUT2D eigenvalue weighted by Crippen LogP contribution is 2.67. The van der Waals surface area contributed by atoms with Gasteiger partial charge in [0.1, 0.15) is 11.0 Å². The van der Waals surface area contributed by atoms with Crippen LogP contribution < -0.4 is 0 Å². The molecule has 0 bridgehead atoms. The van der Waals surface area contributed by atoms with Crippen molar-refractivity contribution >= 4 is 29.8 Å². The summed E-state index contributed by atoms with van der Waals surface area (Å²) in [6.45, 7) is 0. The summed E-state index contributed by atoms with van der Waals surface area (Å²) in [4.78, 5) is 10.6. The predicted molar refractivity (Wildman–Crippen MR) is 44.5 cm³/mol. The normalized spacial score (nSPS) is 60.6. The monoisotopic (exact) mass is 170 g/mol. The number of hydrogen-bond donors (Lipinski definition) is 0. The highest BCUT2D eigenvalue weighted by molar-refractivity contribution is 8.14. The molecule has 52 valence electrons. The quantitative estimate of drug-likeness (QED) is 0.333. The van der Waals surface area contributed by atoms with Crippen LogP contribution in [0.25, 0.3) is 0 Å². The van der Waals surface area contributed by atoms with Crippen LogP contribution in [0.5, 0.6) is 0 Å². The highest BCUT2D eigenvalue weighted by Gasteiger charge is 2.66.